The Hall–Kier alpha value is -1.50. The smallest absolute Gasteiger partial charge is 0.283 e. The highest BCUT2D eigenvalue weighted by Gasteiger charge is 2.63. The molecule has 4 rings (SSSR count). The van der Waals surface area contributed by atoms with Crippen molar-refractivity contribution in [3.8, 4) is 5.75 Å². The molecule has 0 amide bonds. The minimum Gasteiger partial charge on any atom is -0.492 e. The second-order valence-corrected chi connectivity index (χ2v) is 6.59. The van der Waals surface area contributed by atoms with Gasteiger partial charge in [0.2, 0.25) is 0 Å². The van der Waals surface area contributed by atoms with E-state index in [1.54, 1.807) is 7.11 Å². The lowest BCUT2D eigenvalue weighted by atomic mass is 9.64. The third-order valence-electron chi connectivity index (χ3n) is 5.17. The van der Waals surface area contributed by atoms with Gasteiger partial charge in [0.25, 0.3) is 6.02 Å². The number of benzene rings is 1. The van der Waals surface area contributed by atoms with Crippen LogP contribution in [0.2, 0.25) is 0 Å². The molecule has 6 nitrogen and oxygen atoms in total. The van der Waals surface area contributed by atoms with Gasteiger partial charge in [0, 0.05) is 19.3 Å². The average molecular weight is 355 g/mol. The number of halogens is 1. The van der Waals surface area contributed by atoms with Crippen molar-refractivity contribution in [1.82, 2.24) is 0 Å². The van der Waals surface area contributed by atoms with E-state index in [4.69, 9.17) is 29.7 Å². The first-order valence-electron chi connectivity index (χ1n) is 8.00. The SMILES string of the molecule is COCCCc1ccc2c(c1)C1(COC(N)=N1)C1(COC1)CO2.Cl. The minimum absolute atomic E-state index is 0. The third-order valence-corrected chi connectivity index (χ3v) is 5.17. The lowest BCUT2D eigenvalue weighted by molar-refractivity contribution is -0.185. The van der Waals surface area contributed by atoms with Crippen LogP contribution < -0.4 is 10.5 Å². The molecule has 7 heteroatoms. The van der Waals surface area contributed by atoms with Gasteiger partial charge in [-0.25, -0.2) is 4.99 Å². The molecular formula is C17H23ClN2O4. The summed E-state index contributed by atoms with van der Waals surface area (Å²) in [5.41, 5.74) is 7.53. The van der Waals surface area contributed by atoms with Crippen molar-refractivity contribution in [2.45, 2.75) is 18.4 Å². The summed E-state index contributed by atoms with van der Waals surface area (Å²) in [6.45, 7) is 3.05. The predicted octanol–water partition coefficient (Wildman–Crippen LogP) is 1.64. The maximum absolute atomic E-state index is 6.01. The summed E-state index contributed by atoms with van der Waals surface area (Å²) < 4.78 is 22.2. The summed E-state index contributed by atoms with van der Waals surface area (Å²) in [5.74, 6) is 0.875. The molecule has 3 aliphatic rings. The van der Waals surface area contributed by atoms with E-state index < -0.39 is 5.54 Å². The maximum atomic E-state index is 6.01. The van der Waals surface area contributed by atoms with Gasteiger partial charge in [0.15, 0.2) is 0 Å². The topological polar surface area (TPSA) is 75.3 Å². The zero-order valence-electron chi connectivity index (χ0n) is 13.7. The lowest BCUT2D eigenvalue weighted by Crippen LogP contribution is -2.63. The highest BCUT2D eigenvalue weighted by molar-refractivity contribution is 5.85. The molecule has 24 heavy (non-hydrogen) atoms. The van der Waals surface area contributed by atoms with Crippen molar-refractivity contribution in [2.75, 3.05) is 40.1 Å². The monoisotopic (exact) mass is 354 g/mol. The van der Waals surface area contributed by atoms with E-state index >= 15 is 0 Å². The van der Waals surface area contributed by atoms with E-state index in [0.717, 1.165) is 30.8 Å². The van der Waals surface area contributed by atoms with Crippen molar-refractivity contribution in [1.29, 1.82) is 0 Å². The zero-order chi connectivity index (χ0) is 15.9. The largest absolute Gasteiger partial charge is 0.492 e. The first-order chi connectivity index (χ1) is 11.2. The van der Waals surface area contributed by atoms with Gasteiger partial charge in [-0.15, -0.1) is 12.4 Å². The minimum atomic E-state index is -0.486. The van der Waals surface area contributed by atoms with Crippen molar-refractivity contribution < 1.29 is 18.9 Å². The molecule has 1 unspecified atom stereocenters. The van der Waals surface area contributed by atoms with Crippen molar-refractivity contribution in [3.63, 3.8) is 0 Å². The van der Waals surface area contributed by atoms with Gasteiger partial charge in [-0.05, 0) is 30.5 Å². The lowest BCUT2D eigenvalue weighted by Gasteiger charge is -2.53. The van der Waals surface area contributed by atoms with E-state index in [-0.39, 0.29) is 23.8 Å². The molecule has 132 valence electrons. The van der Waals surface area contributed by atoms with Gasteiger partial charge in [-0.3, -0.25) is 0 Å². The molecular weight excluding hydrogens is 332 g/mol. The van der Waals surface area contributed by atoms with E-state index in [1.165, 1.54) is 5.56 Å². The molecule has 0 bridgehead atoms. The molecule has 3 heterocycles. The Morgan fingerprint density at radius 2 is 2.04 bits per heavy atom. The van der Waals surface area contributed by atoms with Gasteiger partial charge < -0.3 is 24.7 Å². The molecule has 1 aromatic carbocycles. The summed E-state index contributed by atoms with van der Waals surface area (Å²) in [6, 6.07) is 6.60. The highest BCUT2D eigenvalue weighted by Crippen LogP contribution is 2.55. The summed E-state index contributed by atoms with van der Waals surface area (Å²) >= 11 is 0. The van der Waals surface area contributed by atoms with Gasteiger partial charge in [-0.2, -0.15) is 0 Å². The van der Waals surface area contributed by atoms with Gasteiger partial charge in [0.1, 0.15) is 24.5 Å². The summed E-state index contributed by atoms with van der Waals surface area (Å²) in [6.07, 6.45) is 1.94. The summed E-state index contributed by atoms with van der Waals surface area (Å²) in [4.78, 5) is 4.72. The van der Waals surface area contributed by atoms with E-state index in [2.05, 4.69) is 12.1 Å². The number of amidine groups is 1. The molecule has 0 aromatic heterocycles. The normalized spacial score (nSPS) is 26.0. The van der Waals surface area contributed by atoms with Crippen LogP contribution in [0, 0.1) is 5.41 Å². The third kappa shape index (κ3) is 2.44. The van der Waals surface area contributed by atoms with Crippen LogP contribution in [-0.2, 0) is 26.2 Å². The Kier molecular flexibility index (Phi) is 4.64. The van der Waals surface area contributed by atoms with Crippen LogP contribution >= 0.6 is 12.4 Å². The van der Waals surface area contributed by atoms with E-state index in [9.17, 15) is 0 Å². The van der Waals surface area contributed by atoms with Crippen molar-refractivity contribution >= 4 is 18.4 Å². The fraction of sp³-hybridized carbons (Fsp3) is 0.588. The summed E-state index contributed by atoms with van der Waals surface area (Å²) in [5, 5.41) is 0. The number of nitrogens with zero attached hydrogens (tertiary/aromatic N) is 1. The van der Waals surface area contributed by atoms with Crippen LogP contribution in [0.5, 0.6) is 5.75 Å². The Morgan fingerprint density at radius 1 is 1.21 bits per heavy atom. The number of ether oxygens (including phenoxy) is 4. The molecule has 0 aliphatic carbocycles. The molecule has 2 N–H and O–H groups in total. The quantitative estimate of drug-likeness (QED) is 0.832. The van der Waals surface area contributed by atoms with Crippen LogP contribution in [0.1, 0.15) is 17.5 Å². The Labute approximate surface area is 147 Å². The number of aliphatic imine (C=N–C) groups is 1. The van der Waals surface area contributed by atoms with Crippen LogP contribution in [0.3, 0.4) is 0 Å². The molecule has 3 aliphatic heterocycles. The fourth-order valence-corrected chi connectivity index (χ4v) is 3.73. The molecule has 0 radical (unpaired) electrons. The van der Waals surface area contributed by atoms with Gasteiger partial charge in [0.05, 0.1) is 18.6 Å². The first kappa shape index (κ1) is 17.3. The molecule has 1 saturated heterocycles. The van der Waals surface area contributed by atoms with Crippen LogP contribution in [0.25, 0.3) is 0 Å². The number of nitrogens with two attached hydrogens (primary N) is 1. The molecule has 2 spiro atoms. The molecule has 0 saturated carbocycles. The number of aryl methyl sites for hydroxylation is 1. The number of hydrogen-bond acceptors (Lipinski definition) is 6. The van der Waals surface area contributed by atoms with E-state index in [1.807, 2.05) is 6.07 Å². The second-order valence-electron chi connectivity index (χ2n) is 6.59. The number of fused-ring (bicyclic) bond motifs is 3. The van der Waals surface area contributed by atoms with Crippen molar-refractivity contribution in [3.05, 3.63) is 29.3 Å². The Bertz CT molecular complexity index is 647. The van der Waals surface area contributed by atoms with E-state index in [0.29, 0.717) is 26.4 Å². The van der Waals surface area contributed by atoms with Crippen LogP contribution in [0.15, 0.2) is 23.2 Å². The van der Waals surface area contributed by atoms with Crippen LogP contribution in [0.4, 0.5) is 0 Å². The highest BCUT2D eigenvalue weighted by atomic mass is 35.5. The maximum Gasteiger partial charge on any atom is 0.283 e. The molecule has 1 atom stereocenters. The van der Waals surface area contributed by atoms with Crippen LogP contribution in [-0.4, -0.2) is 46.2 Å². The molecule has 1 fully saturated rings. The Balaban J connectivity index is 0.00000169. The van der Waals surface area contributed by atoms with Gasteiger partial charge >= 0.3 is 0 Å². The summed E-state index contributed by atoms with van der Waals surface area (Å²) in [7, 11) is 1.73. The fourth-order valence-electron chi connectivity index (χ4n) is 3.73. The number of hydrogen-bond donors (Lipinski definition) is 1. The Morgan fingerprint density at radius 3 is 2.67 bits per heavy atom. The molecule has 1 aromatic rings. The zero-order valence-corrected chi connectivity index (χ0v) is 14.6. The van der Waals surface area contributed by atoms with Crippen molar-refractivity contribution in [2.24, 2.45) is 16.1 Å². The predicted molar refractivity (Wildman–Crippen MR) is 91.9 cm³/mol. The number of methoxy groups -OCH3 is 1. The second kappa shape index (κ2) is 6.43. The first-order valence-corrected chi connectivity index (χ1v) is 8.00. The standard InChI is InChI=1S/C17H22N2O4.ClH/c1-20-6-2-3-12-4-5-14-13(7-12)17(11-23-15(18)19-17)16(10-22-14)8-21-9-16;/h4-5,7H,2-3,6,8-11H2,1H3,(H2,18,19);1H. The number of rotatable bonds is 4. The average Bonchev–Trinajstić information content (AvgIpc) is 2.90. The van der Waals surface area contributed by atoms with Gasteiger partial charge in [-0.1, -0.05) is 6.07 Å².